The minimum atomic E-state index is -0.161. The predicted octanol–water partition coefficient (Wildman–Crippen LogP) is 0.730. The van der Waals surface area contributed by atoms with Crippen LogP contribution in [0.25, 0.3) is 10.9 Å². The standard InChI is InChI=1S/C13H16N4O2/c1-8-7-19-5-4-17(8)13-15-11-3-2-9(14)6-10(11)12(18)16-13/h2-3,6,8H,4-5,7,14H2,1H3,(H,15,16,18). The van der Waals surface area contributed by atoms with Gasteiger partial charge in [-0.3, -0.25) is 9.78 Å². The molecule has 0 bridgehead atoms. The topological polar surface area (TPSA) is 84.2 Å². The molecule has 100 valence electrons. The number of aromatic nitrogens is 2. The molecule has 0 aliphatic carbocycles. The van der Waals surface area contributed by atoms with Gasteiger partial charge in [-0.15, -0.1) is 0 Å². The summed E-state index contributed by atoms with van der Waals surface area (Å²) in [7, 11) is 0. The summed E-state index contributed by atoms with van der Waals surface area (Å²) < 4.78 is 5.39. The van der Waals surface area contributed by atoms with Gasteiger partial charge in [0.2, 0.25) is 5.95 Å². The molecule has 0 radical (unpaired) electrons. The lowest BCUT2D eigenvalue weighted by Crippen LogP contribution is -2.45. The summed E-state index contributed by atoms with van der Waals surface area (Å²) in [6.07, 6.45) is 0. The van der Waals surface area contributed by atoms with Gasteiger partial charge in [0.15, 0.2) is 0 Å². The van der Waals surface area contributed by atoms with Crippen LogP contribution >= 0.6 is 0 Å². The molecule has 19 heavy (non-hydrogen) atoms. The SMILES string of the molecule is CC1COCCN1c1nc2ccc(N)cc2c(=O)[nH]1. The zero-order valence-corrected chi connectivity index (χ0v) is 10.7. The van der Waals surface area contributed by atoms with E-state index in [-0.39, 0.29) is 11.6 Å². The smallest absolute Gasteiger partial charge is 0.260 e. The number of aromatic amines is 1. The molecule has 6 heteroatoms. The molecule has 1 unspecified atom stereocenters. The van der Waals surface area contributed by atoms with E-state index in [1.54, 1.807) is 18.2 Å². The number of hydrogen-bond donors (Lipinski definition) is 2. The summed E-state index contributed by atoms with van der Waals surface area (Å²) in [4.78, 5) is 21.5. The third-order valence-corrected chi connectivity index (χ3v) is 3.36. The van der Waals surface area contributed by atoms with Crippen molar-refractivity contribution in [3.8, 4) is 0 Å². The fourth-order valence-electron chi connectivity index (χ4n) is 2.32. The third-order valence-electron chi connectivity index (χ3n) is 3.36. The van der Waals surface area contributed by atoms with Gasteiger partial charge < -0.3 is 15.4 Å². The van der Waals surface area contributed by atoms with Crippen LogP contribution in [0.4, 0.5) is 11.6 Å². The van der Waals surface area contributed by atoms with E-state index in [1.165, 1.54) is 0 Å². The minimum absolute atomic E-state index is 0.161. The van der Waals surface area contributed by atoms with Crippen molar-refractivity contribution in [1.82, 2.24) is 9.97 Å². The van der Waals surface area contributed by atoms with Crippen molar-refractivity contribution < 1.29 is 4.74 Å². The van der Waals surface area contributed by atoms with Crippen LogP contribution in [-0.2, 0) is 4.74 Å². The minimum Gasteiger partial charge on any atom is -0.399 e. The predicted molar refractivity (Wildman–Crippen MR) is 74.4 cm³/mol. The van der Waals surface area contributed by atoms with Crippen molar-refractivity contribution in [2.45, 2.75) is 13.0 Å². The maximum atomic E-state index is 12.1. The van der Waals surface area contributed by atoms with E-state index in [4.69, 9.17) is 10.5 Å². The van der Waals surface area contributed by atoms with E-state index in [0.717, 1.165) is 6.54 Å². The molecule has 2 heterocycles. The summed E-state index contributed by atoms with van der Waals surface area (Å²) in [6.45, 7) is 4.06. The number of nitrogens with zero attached hydrogens (tertiary/aromatic N) is 2. The molecule has 1 aliphatic rings. The van der Waals surface area contributed by atoms with Crippen LogP contribution in [0.5, 0.6) is 0 Å². The molecule has 6 nitrogen and oxygen atoms in total. The van der Waals surface area contributed by atoms with Gasteiger partial charge in [0.05, 0.1) is 30.2 Å². The van der Waals surface area contributed by atoms with Crippen LogP contribution in [-0.4, -0.2) is 35.8 Å². The Balaban J connectivity index is 2.10. The first-order chi connectivity index (χ1) is 9.15. The molecular weight excluding hydrogens is 244 g/mol. The number of morpholine rings is 1. The number of fused-ring (bicyclic) bond motifs is 1. The van der Waals surface area contributed by atoms with Crippen LogP contribution in [0.15, 0.2) is 23.0 Å². The Labute approximate surface area is 110 Å². The quantitative estimate of drug-likeness (QED) is 0.738. The Hall–Kier alpha value is -2.08. The van der Waals surface area contributed by atoms with Gasteiger partial charge in [-0.1, -0.05) is 0 Å². The largest absolute Gasteiger partial charge is 0.399 e. The van der Waals surface area contributed by atoms with E-state index >= 15 is 0 Å². The van der Waals surface area contributed by atoms with Gasteiger partial charge in [0.1, 0.15) is 0 Å². The van der Waals surface area contributed by atoms with Crippen molar-refractivity contribution in [3.05, 3.63) is 28.6 Å². The molecule has 1 aromatic heterocycles. The second-order valence-electron chi connectivity index (χ2n) is 4.78. The van der Waals surface area contributed by atoms with Crippen molar-refractivity contribution >= 4 is 22.5 Å². The van der Waals surface area contributed by atoms with Gasteiger partial charge in [0, 0.05) is 12.2 Å². The fourth-order valence-corrected chi connectivity index (χ4v) is 2.32. The van der Waals surface area contributed by atoms with E-state index in [2.05, 4.69) is 14.9 Å². The van der Waals surface area contributed by atoms with E-state index in [0.29, 0.717) is 35.8 Å². The lowest BCUT2D eigenvalue weighted by Gasteiger charge is -2.33. The summed E-state index contributed by atoms with van der Waals surface area (Å²) in [6, 6.07) is 5.37. The number of ether oxygens (including phenoxy) is 1. The monoisotopic (exact) mass is 260 g/mol. The van der Waals surface area contributed by atoms with Gasteiger partial charge in [-0.25, -0.2) is 4.98 Å². The highest BCUT2D eigenvalue weighted by molar-refractivity contribution is 5.81. The van der Waals surface area contributed by atoms with E-state index < -0.39 is 0 Å². The summed E-state index contributed by atoms with van der Waals surface area (Å²) in [5.74, 6) is 0.595. The first kappa shape index (κ1) is 12.0. The summed E-state index contributed by atoms with van der Waals surface area (Å²) in [5, 5.41) is 0.518. The van der Waals surface area contributed by atoms with Gasteiger partial charge in [-0.05, 0) is 25.1 Å². The summed E-state index contributed by atoms with van der Waals surface area (Å²) >= 11 is 0. The number of H-pyrrole nitrogens is 1. The zero-order valence-electron chi connectivity index (χ0n) is 10.7. The number of rotatable bonds is 1. The van der Waals surface area contributed by atoms with Crippen molar-refractivity contribution in [2.24, 2.45) is 0 Å². The highest BCUT2D eigenvalue weighted by Crippen LogP contribution is 2.17. The molecular formula is C13H16N4O2. The number of benzene rings is 1. The molecule has 0 spiro atoms. The fraction of sp³-hybridized carbons (Fsp3) is 0.385. The number of nitrogens with one attached hydrogen (secondary N) is 1. The molecule has 2 aromatic rings. The number of anilines is 2. The molecule has 1 aromatic carbocycles. The Morgan fingerprint density at radius 2 is 2.37 bits per heavy atom. The van der Waals surface area contributed by atoms with Crippen molar-refractivity contribution in [1.29, 1.82) is 0 Å². The normalized spacial score (nSPS) is 19.8. The van der Waals surface area contributed by atoms with Crippen LogP contribution in [0.1, 0.15) is 6.92 Å². The first-order valence-electron chi connectivity index (χ1n) is 6.29. The second kappa shape index (κ2) is 4.55. The Bertz CT molecular complexity index is 667. The number of hydrogen-bond acceptors (Lipinski definition) is 5. The van der Waals surface area contributed by atoms with Crippen LogP contribution in [0.3, 0.4) is 0 Å². The van der Waals surface area contributed by atoms with Gasteiger partial charge in [-0.2, -0.15) is 0 Å². The van der Waals surface area contributed by atoms with E-state index in [9.17, 15) is 4.79 Å². The Morgan fingerprint density at radius 1 is 1.53 bits per heavy atom. The second-order valence-corrected chi connectivity index (χ2v) is 4.78. The molecule has 1 atom stereocenters. The average Bonchev–Trinajstić information content (AvgIpc) is 2.40. The first-order valence-corrected chi connectivity index (χ1v) is 6.29. The van der Waals surface area contributed by atoms with Crippen LogP contribution in [0.2, 0.25) is 0 Å². The highest BCUT2D eigenvalue weighted by atomic mass is 16.5. The lowest BCUT2D eigenvalue weighted by molar-refractivity contribution is 0.0981. The highest BCUT2D eigenvalue weighted by Gasteiger charge is 2.21. The molecule has 1 aliphatic heterocycles. The third kappa shape index (κ3) is 2.15. The van der Waals surface area contributed by atoms with Crippen molar-refractivity contribution in [2.75, 3.05) is 30.4 Å². The average molecular weight is 260 g/mol. The van der Waals surface area contributed by atoms with Crippen molar-refractivity contribution in [3.63, 3.8) is 0 Å². The molecule has 3 rings (SSSR count). The zero-order chi connectivity index (χ0) is 13.4. The molecule has 1 saturated heterocycles. The molecule has 1 fully saturated rings. The maximum absolute atomic E-state index is 12.1. The van der Waals surface area contributed by atoms with E-state index in [1.807, 2.05) is 6.92 Å². The summed E-state index contributed by atoms with van der Waals surface area (Å²) in [5.41, 5.74) is 6.75. The van der Waals surface area contributed by atoms with Crippen LogP contribution < -0.4 is 16.2 Å². The molecule has 0 amide bonds. The van der Waals surface area contributed by atoms with Crippen LogP contribution in [0, 0.1) is 0 Å². The number of nitrogen functional groups attached to an aromatic ring is 1. The van der Waals surface area contributed by atoms with Gasteiger partial charge >= 0.3 is 0 Å². The molecule has 3 N–H and O–H groups in total. The Morgan fingerprint density at radius 3 is 3.16 bits per heavy atom. The lowest BCUT2D eigenvalue weighted by atomic mass is 10.2. The van der Waals surface area contributed by atoms with Gasteiger partial charge in [0.25, 0.3) is 5.56 Å². The molecule has 0 saturated carbocycles. The maximum Gasteiger partial charge on any atom is 0.260 e. The number of nitrogens with two attached hydrogens (primary N) is 1. The Kier molecular flexibility index (Phi) is 2.87.